The van der Waals surface area contributed by atoms with Gasteiger partial charge in [0.2, 0.25) is 0 Å². The Morgan fingerprint density at radius 2 is 1.94 bits per heavy atom. The smallest absolute Gasteiger partial charge is 0.410 e. The normalized spacial score (nSPS) is 25.4. The number of hydrogen-bond donors (Lipinski definition) is 2. The van der Waals surface area contributed by atoms with Gasteiger partial charge in [-0.05, 0) is 88.3 Å². The number of ether oxygens (including phenoxy) is 1. The molecule has 0 unspecified atom stereocenters. The van der Waals surface area contributed by atoms with Gasteiger partial charge in [0, 0.05) is 50.5 Å². The second kappa shape index (κ2) is 9.01. The van der Waals surface area contributed by atoms with Gasteiger partial charge in [0.1, 0.15) is 5.60 Å². The molecule has 7 heteroatoms. The zero-order valence-electron chi connectivity index (χ0n) is 20.7. The highest BCUT2D eigenvalue weighted by Crippen LogP contribution is 2.49. The molecule has 1 spiro atoms. The summed E-state index contributed by atoms with van der Waals surface area (Å²) >= 11 is 0. The van der Waals surface area contributed by atoms with Crippen LogP contribution in [0.3, 0.4) is 0 Å². The molecular formula is C26H38N4O3. The zero-order valence-corrected chi connectivity index (χ0v) is 20.7. The number of amides is 2. The molecule has 0 aromatic heterocycles. The summed E-state index contributed by atoms with van der Waals surface area (Å²) in [4.78, 5) is 29.0. The van der Waals surface area contributed by atoms with E-state index >= 15 is 0 Å². The average molecular weight is 455 g/mol. The van der Waals surface area contributed by atoms with Crippen molar-refractivity contribution in [3.63, 3.8) is 0 Å². The second-order valence-electron chi connectivity index (χ2n) is 11.0. The monoisotopic (exact) mass is 454 g/mol. The molecular weight excluding hydrogens is 416 g/mol. The van der Waals surface area contributed by atoms with Gasteiger partial charge in [0.05, 0.1) is 0 Å². The van der Waals surface area contributed by atoms with Crippen LogP contribution in [0, 0.1) is 5.41 Å². The molecule has 180 valence electrons. The molecule has 2 N–H and O–H groups in total. The van der Waals surface area contributed by atoms with E-state index in [9.17, 15) is 9.59 Å². The first kappa shape index (κ1) is 23.6. The Hall–Kier alpha value is -2.54. The summed E-state index contributed by atoms with van der Waals surface area (Å²) in [5.74, 6) is -0.0489. The molecule has 33 heavy (non-hydrogen) atoms. The number of nitrogens with zero attached hydrogens (tertiary/aromatic N) is 2. The van der Waals surface area contributed by atoms with E-state index in [2.05, 4.69) is 34.7 Å². The van der Waals surface area contributed by atoms with Crippen molar-refractivity contribution in [2.24, 2.45) is 5.41 Å². The quantitative estimate of drug-likeness (QED) is 0.720. The molecule has 7 nitrogen and oxygen atoms in total. The largest absolute Gasteiger partial charge is 0.444 e. The van der Waals surface area contributed by atoms with E-state index in [-0.39, 0.29) is 17.4 Å². The summed E-state index contributed by atoms with van der Waals surface area (Å²) in [5.41, 5.74) is 3.79. The SMILES string of the molecule is CNC(=O)c1ccc(NC2CC3(CCN(C(=O)OC(C)(C)C)C3)C2)cc1C1=CCN(C)CC1. The van der Waals surface area contributed by atoms with E-state index in [1.807, 2.05) is 37.8 Å². The van der Waals surface area contributed by atoms with Crippen molar-refractivity contribution in [2.75, 3.05) is 45.6 Å². The van der Waals surface area contributed by atoms with Crippen LogP contribution >= 0.6 is 0 Å². The first-order valence-corrected chi connectivity index (χ1v) is 12.1. The summed E-state index contributed by atoms with van der Waals surface area (Å²) in [6.07, 6.45) is 6.11. The number of anilines is 1. The van der Waals surface area contributed by atoms with Crippen LogP contribution in [0.2, 0.25) is 0 Å². The van der Waals surface area contributed by atoms with Crippen LogP contribution < -0.4 is 10.6 Å². The van der Waals surface area contributed by atoms with Gasteiger partial charge in [-0.25, -0.2) is 4.79 Å². The van der Waals surface area contributed by atoms with Gasteiger partial charge in [-0.1, -0.05) is 6.08 Å². The Bertz CT molecular complexity index is 943. The predicted octanol–water partition coefficient (Wildman–Crippen LogP) is 3.97. The molecule has 3 aliphatic rings. The molecule has 0 bridgehead atoms. The highest BCUT2D eigenvalue weighted by molar-refractivity contribution is 5.99. The maximum absolute atomic E-state index is 12.5. The third-order valence-electron chi connectivity index (χ3n) is 7.07. The van der Waals surface area contributed by atoms with E-state index in [0.717, 1.165) is 68.7 Å². The average Bonchev–Trinajstić information content (AvgIpc) is 3.18. The number of benzene rings is 1. The third-order valence-corrected chi connectivity index (χ3v) is 7.07. The van der Waals surface area contributed by atoms with Crippen LogP contribution in [0.4, 0.5) is 10.5 Å². The van der Waals surface area contributed by atoms with E-state index in [1.54, 1.807) is 7.05 Å². The van der Waals surface area contributed by atoms with Gasteiger partial charge in [0.25, 0.3) is 5.91 Å². The lowest BCUT2D eigenvalue weighted by molar-refractivity contribution is 0.0237. The Morgan fingerprint density at radius 1 is 1.18 bits per heavy atom. The Labute approximate surface area is 197 Å². The molecule has 1 aromatic carbocycles. The minimum Gasteiger partial charge on any atom is -0.444 e. The Morgan fingerprint density at radius 3 is 2.58 bits per heavy atom. The Kier molecular flexibility index (Phi) is 6.45. The number of likely N-dealkylation sites (tertiary alicyclic amines) is 1. The Balaban J connectivity index is 1.40. The molecule has 0 radical (unpaired) electrons. The molecule has 4 rings (SSSR count). The second-order valence-corrected chi connectivity index (χ2v) is 11.0. The van der Waals surface area contributed by atoms with Crippen LogP contribution in [0.5, 0.6) is 0 Å². The standard InChI is InChI=1S/C26H38N4O3/c1-25(2,3)33-24(32)30-13-10-26(17-30)15-20(16-26)28-19-6-7-21(23(31)27-4)22(14-19)18-8-11-29(5)12-9-18/h6-8,14,20,28H,9-13,15-17H2,1-5H3,(H,27,31). The zero-order chi connectivity index (χ0) is 23.8. The summed E-state index contributed by atoms with van der Waals surface area (Å²) in [6.45, 7) is 9.17. The summed E-state index contributed by atoms with van der Waals surface area (Å²) in [7, 11) is 3.79. The fourth-order valence-electron chi connectivity index (χ4n) is 5.32. The van der Waals surface area contributed by atoms with Gasteiger partial charge in [-0.3, -0.25) is 4.79 Å². The minimum atomic E-state index is -0.460. The minimum absolute atomic E-state index is 0.0489. The van der Waals surface area contributed by atoms with Crippen LogP contribution in [0.15, 0.2) is 24.3 Å². The highest BCUT2D eigenvalue weighted by atomic mass is 16.6. The first-order chi connectivity index (χ1) is 15.6. The molecule has 2 heterocycles. The number of carbonyl (C=O) groups excluding carboxylic acids is 2. The van der Waals surface area contributed by atoms with E-state index in [4.69, 9.17) is 4.74 Å². The maximum atomic E-state index is 12.5. The first-order valence-electron chi connectivity index (χ1n) is 12.1. The van der Waals surface area contributed by atoms with Crippen LogP contribution in [-0.4, -0.2) is 73.7 Å². The number of nitrogens with one attached hydrogen (secondary N) is 2. The lowest BCUT2D eigenvalue weighted by Crippen LogP contribution is -2.47. The summed E-state index contributed by atoms with van der Waals surface area (Å²) in [5, 5.41) is 6.45. The molecule has 1 aliphatic carbocycles. The van der Waals surface area contributed by atoms with Crippen LogP contribution in [0.1, 0.15) is 62.4 Å². The van der Waals surface area contributed by atoms with E-state index < -0.39 is 5.60 Å². The fraction of sp³-hybridized carbons (Fsp3) is 0.615. The van der Waals surface area contributed by atoms with Crippen molar-refractivity contribution in [3.05, 3.63) is 35.4 Å². The molecule has 1 saturated heterocycles. The van der Waals surface area contributed by atoms with Crippen LogP contribution in [0.25, 0.3) is 5.57 Å². The van der Waals surface area contributed by atoms with Crippen molar-refractivity contribution >= 4 is 23.3 Å². The van der Waals surface area contributed by atoms with Crippen molar-refractivity contribution in [1.82, 2.24) is 15.1 Å². The molecule has 1 aromatic rings. The third kappa shape index (κ3) is 5.35. The van der Waals surface area contributed by atoms with Gasteiger partial charge < -0.3 is 25.2 Å². The molecule has 2 fully saturated rings. The highest BCUT2D eigenvalue weighted by Gasteiger charge is 2.50. The predicted molar refractivity (Wildman–Crippen MR) is 131 cm³/mol. The maximum Gasteiger partial charge on any atom is 0.410 e. The lowest BCUT2D eigenvalue weighted by atomic mass is 9.65. The lowest BCUT2D eigenvalue weighted by Gasteiger charge is -2.46. The van der Waals surface area contributed by atoms with Crippen molar-refractivity contribution < 1.29 is 14.3 Å². The number of carbonyl (C=O) groups is 2. The van der Waals surface area contributed by atoms with Crippen molar-refractivity contribution in [2.45, 2.75) is 58.1 Å². The molecule has 0 atom stereocenters. The van der Waals surface area contributed by atoms with Crippen molar-refractivity contribution in [1.29, 1.82) is 0 Å². The number of rotatable bonds is 4. The van der Waals surface area contributed by atoms with E-state index in [1.165, 1.54) is 5.57 Å². The number of likely N-dealkylation sites (N-methyl/N-ethyl adjacent to an activating group) is 1. The molecule has 1 saturated carbocycles. The van der Waals surface area contributed by atoms with Crippen LogP contribution in [-0.2, 0) is 4.74 Å². The topological polar surface area (TPSA) is 73.9 Å². The van der Waals surface area contributed by atoms with Gasteiger partial charge in [-0.2, -0.15) is 0 Å². The number of hydrogen-bond acceptors (Lipinski definition) is 5. The van der Waals surface area contributed by atoms with E-state index in [0.29, 0.717) is 6.04 Å². The van der Waals surface area contributed by atoms with Gasteiger partial charge in [-0.15, -0.1) is 0 Å². The molecule has 2 aliphatic heterocycles. The summed E-state index contributed by atoms with van der Waals surface area (Å²) < 4.78 is 5.55. The van der Waals surface area contributed by atoms with Gasteiger partial charge >= 0.3 is 6.09 Å². The fourth-order valence-corrected chi connectivity index (χ4v) is 5.32. The van der Waals surface area contributed by atoms with Gasteiger partial charge in [0.15, 0.2) is 0 Å². The summed E-state index contributed by atoms with van der Waals surface area (Å²) in [6, 6.07) is 6.46. The van der Waals surface area contributed by atoms with Crippen molar-refractivity contribution in [3.8, 4) is 0 Å². The molecule has 2 amide bonds.